The summed E-state index contributed by atoms with van der Waals surface area (Å²) in [5.74, 6) is -0.262. The first-order valence-corrected chi connectivity index (χ1v) is 6.26. The third-order valence-electron chi connectivity index (χ3n) is 3.08. The molecular formula is C16H16N2O2. The monoisotopic (exact) mass is 268 g/mol. The van der Waals surface area contributed by atoms with Crippen molar-refractivity contribution in [2.24, 2.45) is 0 Å². The minimum Gasteiger partial charge on any atom is -0.398 e. The van der Waals surface area contributed by atoms with Crippen molar-refractivity contribution in [2.75, 3.05) is 11.1 Å². The number of nitrogens with two attached hydrogens (primary N) is 1. The standard InChI is InChI=1S/C16H16N2O2/c1-10-4-3-5-14(17)15(10)16(20)18-13-8-6-12(7-9-13)11(2)19/h3-9H,17H2,1-2H3,(H,18,20). The normalized spacial score (nSPS) is 10.1. The van der Waals surface area contributed by atoms with Crippen LogP contribution in [0, 0.1) is 6.92 Å². The molecule has 0 bridgehead atoms. The molecule has 4 nitrogen and oxygen atoms in total. The van der Waals surface area contributed by atoms with Gasteiger partial charge in [0.25, 0.3) is 5.91 Å². The topological polar surface area (TPSA) is 72.2 Å². The van der Waals surface area contributed by atoms with Gasteiger partial charge >= 0.3 is 0 Å². The summed E-state index contributed by atoms with van der Waals surface area (Å²) in [4.78, 5) is 23.4. The second-order valence-corrected chi connectivity index (χ2v) is 4.63. The van der Waals surface area contributed by atoms with Crippen molar-refractivity contribution in [3.63, 3.8) is 0 Å². The molecule has 0 aromatic heterocycles. The highest BCUT2D eigenvalue weighted by molar-refractivity contribution is 6.08. The van der Waals surface area contributed by atoms with E-state index in [9.17, 15) is 9.59 Å². The summed E-state index contributed by atoms with van der Waals surface area (Å²) in [5.41, 5.74) is 8.82. The predicted octanol–water partition coefficient (Wildman–Crippen LogP) is 3.03. The van der Waals surface area contributed by atoms with Gasteiger partial charge in [-0.1, -0.05) is 12.1 Å². The van der Waals surface area contributed by atoms with Crippen LogP contribution in [-0.2, 0) is 0 Å². The van der Waals surface area contributed by atoms with Crippen molar-refractivity contribution in [2.45, 2.75) is 13.8 Å². The van der Waals surface area contributed by atoms with Crippen LogP contribution in [0.15, 0.2) is 42.5 Å². The smallest absolute Gasteiger partial charge is 0.258 e. The van der Waals surface area contributed by atoms with Gasteiger partial charge in [0.05, 0.1) is 5.56 Å². The Kier molecular flexibility index (Phi) is 3.84. The third-order valence-corrected chi connectivity index (χ3v) is 3.08. The molecule has 102 valence electrons. The Balaban J connectivity index is 2.21. The second kappa shape index (κ2) is 5.57. The molecule has 0 unspecified atom stereocenters. The van der Waals surface area contributed by atoms with E-state index in [1.807, 2.05) is 19.1 Å². The Hall–Kier alpha value is -2.62. The van der Waals surface area contributed by atoms with Crippen molar-refractivity contribution in [1.29, 1.82) is 0 Å². The maximum atomic E-state index is 12.2. The number of amides is 1. The van der Waals surface area contributed by atoms with E-state index in [4.69, 9.17) is 5.73 Å². The van der Waals surface area contributed by atoms with Gasteiger partial charge in [-0.3, -0.25) is 9.59 Å². The van der Waals surface area contributed by atoms with Gasteiger partial charge in [0.1, 0.15) is 0 Å². The quantitative estimate of drug-likeness (QED) is 0.664. The molecule has 0 aliphatic heterocycles. The van der Waals surface area contributed by atoms with Crippen molar-refractivity contribution in [1.82, 2.24) is 0 Å². The van der Waals surface area contributed by atoms with Gasteiger partial charge in [0.2, 0.25) is 0 Å². The minimum absolute atomic E-state index is 0.00831. The molecule has 3 N–H and O–H groups in total. The largest absolute Gasteiger partial charge is 0.398 e. The van der Waals surface area contributed by atoms with E-state index in [1.54, 1.807) is 30.3 Å². The zero-order chi connectivity index (χ0) is 14.7. The fraction of sp³-hybridized carbons (Fsp3) is 0.125. The van der Waals surface area contributed by atoms with Crippen molar-refractivity contribution in [3.05, 3.63) is 59.2 Å². The molecule has 0 fully saturated rings. The Bertz CT molecular complexity index is 640. The molecular weight excluding hydrogens is 252 g/mol. The molecule has 1 amide bonds. The van der Waals surface area contributed by atoms with Gasteiger partial charge in [0, 0.05) is 16.9 Å². The summed E-state index contributed by atoms with van der Waals surface area (Å²) in [6, 6.07) is 12.1. The van der Waals surface area contributed by atoms with E-state index in [0.29, 0.717) is 22.5 Å². The number of nitrogens with one attached hydrogen (secondary N) is 1. The molecule has 0 radical (unpaired) electrons. The van der Waals surface area contributed by atoms with E-state index in [-0.39, 0.29) is 11.7 Å². The molecule has 2 aromatic carbocycles. The molecule has 2 rings (SSSR count). The summed E-state index contributed by atoms with van der Waals surface area (Å²) in [6.07, 6.45) is 0. The van der Waals surface area contributed by atoms with Gasteiger partial charge in [-0.25, -0.2) is 0 Å². The lowest BCUT2D eigenvalue weighted by Crippen LogP contribution is -2.15. The first-order valence-electron chi connectivity index (χ1n) is 6.26. The van der Waals surface area contributed by atoms with Gasteiger partial charge in [-0.05, 0) is 49.7 Å². The predicted molar refractivity (Wildman–Crippen MR) is 80.0 cm³/mol. The van der Waals surface area contributed by atoms with Crippen molar-refractivity contribution < 1.29 is 9.59 Å². The first kappa shape index (κ1) is 13.8. The number of nitrogen functional groups attached to an aromatic ring is 1. The highest BCUT2D eigenvalue weighted by atomic mass is 16.1. The lowest BCUT2D eigenvalue weighted by atomic mass is 10.1. The van der Waals surface area contributed by atoms with E-state index in [0.717, 1.165) is 5.56 Å². The molecule has 2 aromatic rings. The van der Waals surface area contributed by atoms with Gasteiger partial charge in [0.15, 0.2) is 5.78 Å². The highest BCUT2D eigenvalue weighted by Gasteiger charge is 2.12. The zero-order valence-corrected chi connectivity index (χ0v) is 11.4. The van der Waals surface area contributed by atoms with E-state index in [2.05, 4.69) is 5.32 Å². The van der Waals surface area contributed by atoms with E-state index >= 15 is 0 Å². The number of Topliss-reactive ketones (excluding diaryl/α,β-unsaturated/α-hetero) is 1. The van der Waals surface area contributed by atoms with Gasteiger partial charge in [-0.2, -0.15) is 0 Å². The summed E-state index contributed by atoms with van der Waals surface area (Å²) in [7, 11) is 0. The molecule has 0 spiro atoms. The Morgan fingerprint density at radius 3 is 2.25 bits per heavy atom. The fourth-order valence-corrected chi connectivity index (χ4v) is 1.98. The molecule has 0 aliphatic carbocycles. The van der Waals surface area contributed by atoms with Gasteiger partial charge < -0.3 is 11.1 Å². The maximum Gasteiger partial charge on any atom is 0.258 e. The molecule has 0 saturated carbocycles. The van der Waals surface area contributed by atoms with Crippen LogP contribution < -0.4 is 11.1 Å². The molecule has 20 heavy (non-hydrogen) atoms. The number of ketones is 1. The van der Waals surface area contributed by atoms with Crippen molar-refractivity contribution >= 4 is 23.1 Å². The van der Waals surface area contributed by atoms with Gasteiger partial charge in [-0.15, -0.1) is 0 Å². The second-order valence-electron chi connectivity index (χ2n) is 4.63. The minimum atomic E-state index is -0.254. The molecule has 0 saturated heterocycles. The third kappa shape index (κ3) is 2.85. The summed E-state index contributed by atoms with van der Waals surface area (Å²) < 4.78 is 0. The highest BCUT2D eigenvalue weighted by Crippen LogP contribution is 2.18. The van der Waals surface area contributed by atoms with E-state index < -0.39 is 0 Å². The fourth-order valence-electron chi connectivity index (χ4n) is 1.98. The van der Waals surface area contributed by atoms with E-state index in [1.165, 1.54) is 6.92 Å². The number of carbonyl (C=O) groups is 2. The lowest BCUT2D eigenvalue weighted by Gasteiger charge is -2.10. The Morgan fingerprint density at radius 2 is 1.70 bits per heavy atom. The number of hydrogen-bond acceptors (Lipinski definition) is 3. The average Bonchev–Trinajstić information content (AvgIpc) is 2.39. The molecule has 0 atom stereocenters. The number of benzene rings is 2. The maximum absolute atomic E-state index is 12.2. The molecule has 4 heteroatoms. The number of aryl methyl sites for hydroxylation is 1. The lowest BCUT2D eigenvalue weighted by molar-refractivity contribution is 0.101. The number of anilines is 2. The number of rotatable bonds is 3. The van der Waals surface area contributed by atoms with Crippen LogP contribution in [0.4, 0.5) is 11.4 Å². The first-order chi connectivity index (χ1) is 9.49. The Labute approximate surface area is 117 Å². The summed E-state index contributed by atoms with van der Waals surface area (Å²) >= 11 is 0. The number of carbonyl (C=O) groups excluding carboxylic acids is 2. The Morgan fingerprint density at radius 1 is 1.05 bits per heavy atom. The van der Waals surface area contributed by atoms with Crippen LogP contribution in [0.2, 0.25) is 0 Å². The SMILES string of the molecule is CC(=O)c1ccc(NC(=O)c2c(C)cccc2N)cc1. The van der Waals surface area contributed by atoms with Crippen LogP contribution in [0.3, 0.4) is 0 Å². The average molecular weight is 268 g/mol. The van der Waals surface area contributed by atoms with Crippen molar-refractivity contribution in [3.8, 4) is 0 Å². The van der Waals surface area contributed by atoms with Crippen LogP contribution in [-0.4, -0.2) is 11.7 Å². The number of hydrogen-bond donors (Lipinski definition) is 2. The van der Waals surface area contributed by atoms with Crippen LogP contribution in [0.1, 0.15) is 33.2 Å². The van der Waals surface area contributed by atoms with Crippen LogP contribution in [0.5, 0.6) is 0 Å². The summed E-state index contributed by atoms with van der Waals surface area (Å²) in [5, 5.41) is 2.78. The summed E-state index contributed by atoms with van der Waals surface area (Å²) in [6.45, 7) is 3.34. The zero-order valence-electron chi connectivity index (χ0n) is 11.4. The van der Waals surface area contributed by atoms with Crippen LogP contribution >= 0.6 is 0 Å². The molecule has 0 aliphatic rings. The van der Waals surface area contributed by atoms with Crippen LogP contribution in [0.25, 0.3) is 0 Å². The molecule has 0 heterocycles.